The number of hydrogen-bond donors (Lipinski definition) is 2. The number of hydrogen-bond acceptors (Lipinski definition) is 7. The maximum atomic E-state index is 12.6. The minimum Gasteiger partial charge on any atom is -0.502 e. The number of aromatic nitrogens is 4. The summed E-state index contributed by atoms with van der Waals surface area (Å²) in [5, 5.41) is 17.8. The van der Waals surface area contributed by atoms with E-state index >= 15 is 0 Å². The van der Waals surface area contributed by atoms with E-state index in [-0.39, 0.29) is 35.5 Å². The van der Waals surface area contributed by atoms with Crippen LogP contribution < -0.4 is 14.8 Å². The van der Waals surface area contributed by atoms with Gasteiger partial charge < -0.3 is 19.9 Å². The van der Waals surface area contributed by atoms with E-state index in [4.69, 9.17) is 9.47 Å². The van der Waals surface area contributed by atoms with E-state index in [9.17, 15) is 9.90 Å². The first-order chi connectivity index (χ1) is 14.3. The lowest BCUT2D eigenvalue weighted by Gasteiger charge is -2.25. The SMILES string of the molecule is COc1cc([C@@H]2CC(=O)Nc3c2c(C)nn3-c2nc(C)cc(C)n2)cc(OC)c1O. The van der Waals surface area contributed by atoms with Crippen LogP contribution in [0.15, 0.2) is 18.2 Å². The molecule has 9 heteroatoms. The third-order valence-electron chi connectivity index (χ3n) is 5.17. The fourth-order valence-electron chi connectivity index (χ4n) is 3.89. The Bertz CT molecular complexity index is 1110. The van der Waals surface area contributed by atoms with Gasteiger partial charge in [-0.3, -0.25) is 4.79 Å². The van der Waals surface area contributed by atoms with Crippen molar-refractivity contribution in [1.29, 1.82) is 0 Å². The highest BCUT2D eigenvalue weighted by molar-refractivity contribution is 5.95. The third-order valence-corrected chi connectivity index (χ3v) is 5.17. The van der Waals surface area contributed by atoms with Gasteiger partial charge in [-0.1, -0.05) is 0 Å². The molecule has 1 atom stereocenters. The Hall–Kier alpha value is -3.62. The molecule has 9 nitrogen and oxygen atoms in total. The molecule has 0 fully saturated rings. The maximum Gasteiger partial charge on any atom is 0.252 e. The largest absolute Gasteiger partial charge is 0.502 e. The molecular formula is C21H23N5O4. The molecule has 1 aromatic carbocycles. The van der Waals surface area contributed by atoms with Gasteiger partial charge in [0.1, 0.15) is 5.82 Å². The Labute approximate surface area is 173 Å². The van der Waals surface area contributed by atoms with Crippen molar-refractivity contribution in [3.8, 4) is 23.2 Å². The summed E-state index contributed by atoms with van der Waals surface area (Å²) in [7, 11) is 2.94. The van der Waals surface area contributed by atoms with E-state index in [1.54, 1.807) is 16.8 Å². The summed E-state index contributed by atoms with van der Waals surface area (Å²) in [4.78, 5) is 21.6. The molecule has 2 aromatic heterocycles. The van der Waals surface area contributed by atoms with Gasteiger partial charge >= 0.3 is 0 Å². The number of nitrogens with zero attached hydrogens (tertiary/aromatic N) is 4. The number of nitrogens with one attached hydrogen (secondary N) is 1. The van der Waals surface area contributed by atoms with Crippen molar-refractivity contribution in [2.75, 3.05) is 19.5 Å². The lowest BCUT2D eigenvalue weighted by atomic mass is 9.85. The van der Waals surface area contributed by atoms with Crippen LogP contribution >= 0.6 is 0 Å². The average molecular weight is 409 g/mol. The van der Waals surface area contributed by atoms with Gasteiger partial charge in [0.2, 0.25) is 11.7 Å². The smallest absolute Gasteiger partial charge is 0.252 e. The van der Waals surface area contributed by atoms with Gasteiger partial charge in [-0.25, -0.2) is 9.97 Å². The zero-order chi connectivity index (χ0) is 21.6. The number of benzene rings is 1. The van der Waals surface area contributed by atoms with E-state index in [2.05, 4.69) is 20.4 Å². The molecule has 156 valence electrons. The second-order valence-electron chi connectivity index (χ2n) is 7.29. The molecular weight excluding hydrogens is 386 g/mol. The first-order valence-electron chi connectivity index (χ1n) is 9.49. The second kappa shape index (κ2) is 7.33. The molecule has 0 saturated heterocycles. The number of rotatable bonds is 4. The Kier molecular flexibility index (Phi) is 4.81. The Morgan fingerprint density at radius 2 is 1.67 bits per heavy atom. The number of aryl methyl sites for hydroxylation is 3. The van der Waals surface area contributed by atoms with Gasteiger partial charge in [0, 0.05) is 29.3 Å². The van der Waals surface area contributed by atoms with Crippen molar-refractivity contribution >= 4 is 11.7 Å². The monoisotopic (exact) mass is 409 g/mol. The van der Waals surface area contributed by atoms with Crippen LogP contribution in [-0.4, -0.2) is 45.0 Å². The van der Waals surface area contributed by atoms with Gasteiger partial charge in [0.25, 0.3) is 5.95 Å². The van der Waals surface area contributed by atoms with Gasteiger partial charge in [-0.15, -0.1) is 0 Å². The predicted octanol–water partition coefficient (Wildman–Crippen LogP) is 2.78. The van der Waals surface area contributed by atoms with Crippen LogP contribution in [0.1, 0.15) is 40.5 Å². The minimum atomic E-state index is -0.295. The lowest BCUT2D eigenvalue weighted by Crippen LogP contribution is -2.25. The van der Waals surface area contributed by atoms with Crippen LogP contribution in [0.5, 0.6) is 17.2 Å². The lowest BCUT2D eigenvalue weighted by molar-refractivity contribution is -0.116. The number of aromatic hydroxyl groups is 1. The van der Waals surface area contributed by atoms with Crippen LogP contribution in [0, 0.1) is 20.8 Å². The second-order valence-corrected chi connectivity index (χ2v) is 7.29. The normalized spacial score (nSPS) is 15.5. The molecule has 1 aliphatic heterocycles. The van der Waals surface area contributed by atoms with Crippen molar-refractivity contribution in [2.24, 2.45) is 0 Å². The van der Waals surface area contributed by atoms with Gasteiger partial charge in [-0.2, -0.15) is 9.78 Å². The number of fused-ring (bicyclic) bond motifs is 1. The number of phenols is 1. The fourth-order valence-corrected chi connectivity index (χ4v) is 3.89. The van der Waals surface area contributed by atoms with Crippen LogP contribution in [0.25, 0.3) is 5.95 Å². The van der Waals surface area contributed by atoms with Crippen molar-refractivity contribution in [3.05, 3.63) is 46.4 Å². The van der Waals surface area contributed by atoms with E-state index in [0.29, 0.717) is 11.8 Å². The van der Waals surface area contributed by atoms with Crippen LogP contribution in [0.2, 0.25) is 0 Å². The zero-order valence-corrected chi connectivity index (χ0v) is 17.5. The summed E-state index contributed by atoms with van der Waals surface area (Å²) >= 11 is 0. The molecule has 0 unspecified atom stereocenters. The number of carbonyl (C=O) groups excluding carboxylic acids is 1. The molecule has 0 bridgehead atoms. The van der Waals surface area contributed by atoms with Gasteiger partial charge in [-0.05, 0) is 44.5 Å². The first kappa shape index (κ1) is 19.7. The third kappa shape index (κ3) is 3.22. The highest BCUT2D eigenvalue weighted by Crippen LogP contribution is 2.45. The highest BCUT2D eigenvalue weighted by Gasteiger charge is 2.34. The topological polar surface area (TPSA) is 111 Å². The molecule has 1 aliphatic rings. The molecule has 30 heavy (non-hydrogen) atoms. The quantitative estimate of drug-likeness (QED) is 0.681. The van der Waals surface area contributed by atoms with Crippen LogP contribution in [0.3, 0.4) is 0 Å². The Morgan fingerprint density at radius 1 is 1.07 bits per heavy atom. The fraction of sp³-hybridized carbons (Fsp3) is 0.333. The number of ether oxygens (including phenoxy) is 2. The highest BCUT2D eigenvalue weighted by atomic mass is 16.5. The van der Waals surface area contributed by atoms with Crippen LogP contribution in [0.4, 0.5) is 5.82 Å². The molecule has 0 aliphatic carbocycles. The van der Waals surface area contributed by atoms with Crippen molar-refractivity contribution in [3.63, 3.8) is 0 Å². The summed E-state index contributed by atoms with van der Waals surface area (Å²) in [6, 6.07) is 5.31. The van der Waals surface area contributed by atoms with E-state index < -0.39 is 0 Å². The molecule has 3 aromatic rings. The number of methoxy groups -OCH3 is 2. The molecule has 0 spiro atoms. The Morgan fingerprint density at radius 3 is 2.23 bits per heavy atom. The van der Waals surface area contributed by atoms with Gasteiger partial charge in [0.15, 0.2) is 11.5 Å². The summed E-state index contributed by atoms with van der Waals surface area (Å²) in [5.74, 6) is 0.976. The summed E-state index contributed by atoms with van der Waals surface area (Å²) in [6.07, 6.45) is 0.227. The van der Waals surface area contributed by atoms with Crippen molar-refractivity contribution in [2.45, 2.75) is 33.1 Å². The summed E-state index contributed by atoms with van der Waals surface area (Å²) < 4.78 is 12.2. The van der Waals surface area contributed by atoms with Crippen molar-refractivity contribution in [1.82, 2.24) is 19.7 Å². The van der Waals surface area contributed by atoms with E-state index in [1.807, 2.05) is 26.8 Å². The molecule has 2 N–H and O–H groups in total. The number of carbonyl (C=O) groups is 1. The Balaban J connectivity index is 1.90. The predicted molar refractivity (Wildman–Crippen MR) is 110 cm³/mol. The first-order valence-corrected chi connectivity index (χ1v) is 9.49. The molecule has 4 rings (SSSR count). The number of amides is 1. The molecule has 0 radical (unpaired) electrons. The van der Waals surface area contributed by atoms with Crippen molar-refractivity contribution < 1.29 is 19.4 Å². The summed E-state index contributed by atoms with van der Waals surface area (Å²) in [5.41, 5.74) is 4.02. The molecule has 0 saturated carbocycles. The van der Waals surface area contributed by atoms with E-state index in [0.717, 1.165) is 28.2 Å². The van der Waals surface area contributed by atoms with Gasteiger partial charge in [0.05, 0.1) is 19.9 Å². The maximum absolute atomic E-state index is 12.6. The van der Waals surface area contributed by atoms with Crippen LogP contribution in [-0.2, 0) is 4.79 Å². The average Bonchev–Trinajstić information content (AvgIpc) is 3.03. The minimum absolute atomic E-state index is 0.0831. The molecule has 1 amide bonds. The molecule has 3 heterocycles. The standard InChI is InChI=1S/C21H23N5O4/c1-10-6-11(2)23-21(22-10)26-20-18(12(3)25-26)14(9-17(27)24-20)13-7-15(29-4)19(28)16(8-13)30-5/h6-8,14,28H,9H2,1-5H3,(H,24,27)/t14-/m0/s1. The zero-order valence-electron chi connectivity index (χ0n) is 17.5. The number of anilines is 1. The summed E-state index contributed by atoms with van der Waals surface area (Å²) in [6.45, 7) is 5.66. The number of phenolic OH excluding ortho intramolecular Hbond substituents is 1. The van der Waals surface area contributed by atoms with E-state index in [1.165, 1.54) is 14.2 Å².